The van der Waals surface area contributed by atoms with Gasteiger partial charge in [-0.2, -0.15) is 4.72 Å². The maximum atomic E-state index is 12.9. The van der Waals surface area contributed by atoms with E-state index in [0.29, 0.717) is 0 Å². The number of hydrogen-bond acceptors (Lipinski definition) is 6. The molecule has 0 spiro atoms. The lowest BCUT2D eigenvalue weighted by Crippen LogP contribution is -2.48. The monoisotopic (exact) mass is 478 g/mol. The third kappa shape index (κ3) is 6.64. The molecule has 1 amide bonds. The Labute approximate surface area is 182 Å². The van der Waals surface area contributed by atoms with Gasteiger partial charge in [0.05, 0.1) is 21.0 Å². The minimum absolute atomic E-state index is 0.0202. The zero-order valence-electron chi connectivity index (χ0n) is 15.4. The number of rotatable bonds is 8. The van der Waals surface area contributed by atoms with Gasteiger partial charge < -0.3 is 15.2 Å². The summed E-state index contributed by atoms with van der Waals surface area (Å²) in [7, 11) is -4.27. The number of esters is 1. The number of halogens is 3. The van der Waals surface area contributed by atoms with Crippen molar-refractivity contribution >= 4 is 50.8 Å². The number of aliphatic hydroxyl groups excluding tert-OH is 1. The molecule has 0 aliphatic carbocycles. The molecule has 0 saturated carbocycles. The Hall–Kier alpha value is -2.24. The summed E-state index contributed by atoms with van der Waals surface area (Å²) >= 11 is 11.6. The van der Waals surface area contributed by atoms with E-state index in [1.807, 2.05) is 4.72 Å². The second-order valence-corrected chi connectivity index (χ2v) is 8.61. The molecule has 0 bridgehead atoms. The van der Waals surface area contributed by atoms with Crippen molar-refractivity contribution in [1.82, 2.24) is 4.72 Å². The van der Waals surface area contributed by atoms with Gasteiger partial charge in [-0.25, -0.2) is 12.8 Å². The average molecular weight is 479 g/mol. The predicted molar refractivity (Wildman–Crippen MR) is 108 cm³/mol. The van der Waals surface area contributed by atoms with E-state index in [1.165, 1.54) is 25.1 Å². The summed E-state index contributed by atoms with van der Waals surface area (Å²) in [5.41, 5.74) is 0.268. The summed E-state index contributed by atoms with van der Waals surface area (Å²) in [6.07, 6.45) is -1.48. The molecule has 2 aromatic rings. The summed E-state index contributed by atoms with van der Waals surface area (Å²) in [6.45, 7) is 0.413. The third-order valence-corrected chi connectivity index (χ3v) is 5.87. The van der Waals surface area contributed by atoms with Crippen molar-refractivity contribution in [3.8, 4) is 0 Å². The summed E-state index contributed by atoms with van der Waals surface area (Å²) in [5, 5.41) is 12.3. The van der Waals surface area contributed by atoms with Gasteiger partial charge in [0, 0.05) is 5.69 Å². The molecule has 2 rings (SSSR count). The fourth-order valence-electron chi connectivity index (χ4n) is 2.18. The molecule has 0 fully saturated rings. The molecule has 0 saturated heterocycles. The van der Waals surface area contributed by atoms with Crippen LogP contribution in [0.5, 0.6) is 0 Å². The van der Waals surface area contributed by atoms with E-state index in [4.69, 9.17) is 27.9 Å². The van der Waals surface area contributed by atoms with Crippen LogP contribution in [0.3, 0.4) is 0 Å². The SMILES string of the molecule is CC(O)C(NS(=O)(=O)c1ccc(Cl)c(Cl)c1)C(=O)OCC(=O)Nc1ccc(F)cc1. The second kappa shape index (κ2) is 10.2. The molecule has 3 N–H and O–H groups in total. The number of nitrogens with one attached hydrogen (secondary N) is 2. The Bertz CT molecular complexity index is 1030. The van der Waals surface area contributed by atoms with Gasteiger partial charge in [-0.3, -0.25) is 9.59 Å². The molecule has 0 aliphatic heterocycles. The summed E-state index contributed by atoms with van der Waals surface area (Å²) in [6, 6.07) is 6.67. The van der Waals surface area contributed by atoms with E-state index in [9.17, 15) is 27.5 Å². The van der Waals surface area contributed by atoms with Gasteiger partial charge in [0.1, 0.15) is 11.9 Å². The van der Waals surface area contributed by atoms with Crippen LogP contribution in [0.25, 0.3) is 0 Å². The van der Waals surface area contributed by atoms with Gasteiger partial charge in [0.2, 0.25) is 10.0 Å². The minimum Gasteiger partial charge on any atom is -0.454 e. The van der Waals surface area contributed by atoms with Crippen LogP contribution in [0.1, 0.15) is 6.92 Å². The van der Waals surface area contributed by atoms with Crippen molar-refractivity contribution in [2.75, 3.05) is 11.9 Å². The molecule has 0 radical (unpaired) electrons. The van der Waals surface area contributed by atoms with Gasteiger partial charge in [-0.15, -0.1) is 0 Å². The molecule has 2 atom stereocenters. The number of amides is 1. The Morgan fingerprint density at radius 1 is 1.13 bits per heavy atom. The van der Waals surface area contributed by atoms with E-state index < -0.39 is 46.5 Å². The quantitative estimate of drug-likeness (QED) is 0.500. The highest BCUT2D eigenvalue weighted by Gasteiger charge is 2.31. The van der Waals surface area contributed by atoms with Crippen LogP contribution in [-0.4, -0.2) is 44.2 Å². The fraction of sp³-hybridized carbons (Fsp3) is 0.222. The second-order valence-electron chi connectivity index (χ2n) is 6.08. The van der Waals surface area contributed by atoms with Crippen molar-refractivity contribution in [2.45, 2.75) is 24.0 Å². The lowest BCUT2D eigenvalue weighted by Gasteiger charge is -2.20. The summed E-state index contributed by atoms with van der Waals surface area (Å²) < 4.78 is 44.6. The molecular formula is C18H17Cl2FN2O6S. The first-order valence-corrected chi connectivity index (χ1v) is 10.6. The first-order valence-electron chi connectivity index (χ1n) is 8.37. The van der Waals surface area contributed by atoms with Crippen LogP contribution >= 0.6 is 23.2 Å². The molecule has 2 aromatic carbocycles. The van der Waals surface area contributed by atoms with Crippen molar-refractivity contribution in [1.29, 1.82) is 0 Å². The lowest BCUT2D eigenvalue weighted by molar-refractivity contribution is -0.151. The van der Waals surface area contributed by atoms with Gasteiger partial charge in [-0.05, 0) is 49.4 Å². The van der Waals surface area contributed by atoms with Crippen molar-refractivity contribution in [3.63, 3.8) is 0 Å². The molecule has 162 valence electrons. The van der Waals surface area contributed by atoms with Gasteiger partial charge in [0.25, 0.3) is 5.91 Å². The number of ether oxygens (including phenoxy) is 1. The molecule has 0 aromatic heterocycles. The highest BCUT2D eigenvalue weighted by Crippen LogP contribution is 2.25. The van der Waals surface area contributed by atoms with Gasteiger partial charge in [-0.1, -0.05) is 23.2 Å². The zero-order valence-corrected chi connectivity index (χ0v) is 17.8. The molecular weight excluding hydrogens is 462 g/mol. The highest BCUT2D eigenvalue weighted by atomic mass is 35.5. The first-order chi connectivity index (χ1) is 14.0. The molecule has 8 nitrogen and oxygen atoms in total. The number of carbonyl (C=O) groups excluding carboxylic acids is 2. The number of carbonyl (C=O) groups is 2. The van der Waals surface area contributed by atoms with Crippen molar-refractivity contribution in [2.24, 2.45) is 0 Å². The summed E-state index contributed by atoms with van der Waals surface area (Å²) in [4.78, 5) is 23.8. The van der Waals surface area contributed by atoms with E-state index in [1.54, 1.807) is 0 Å². The number of benzene rings is 2. The Morgan fingerprint density at radius 3 is 2.33 bits per heavy atom. The first kappa shape index (κ1) is 24.0. The van der Waals surface area contributed by atoms with E-state index >= 15 is 0 Å². The van der Waals surface area contributed by atoms with E-state index in [-0.39, 0.29) is 20.6 Å². The number of anilines is 1. The largest absolute Gasteiger partial charge is 0.454 e. The molecule has 0 heterocycles. The van der Waals surface area contributed by atoms with Crippen LogP contribution in [0.4, 0.5) is 10.1 Å². The molecule has 30 heavy (non-hydrogen) atoms. The van der Waals surface area contributed by atoms with Gasteiger partial charge >= 0.3 is 5.97 Å². The Morgan fingerprint density at radius 2 is 1.77 bits per heavy atom. The standard InChI is InChI=1S/C18H17Cl2FN2O6S/c1-10(24)17(23-30(27,28)13-6-7-14(19)15(20)8-13)18(26)29-9-16(25)22-12-4-2-11(21)3-5-12/h2-8,10,17,23-24H,9H2,1H3,(H,22,25). The predicted octanol–water partition coefficient (Wildman–Crippen LogP) is 2.34. The van der Waals surface area contributed by atoms with Gasteiger partial charge in [0.15, 0.2) is 6.61 Å². The Balaban J connectivity index is 2.02. The minimum atomic E-state index is -4.27. The number of hydrogen-bond donors (Lipinski definition) is 3. The van der Waals surface area contributed by atoms with Crippen molar-refractivity contribution in [3.05, 3.63) is 58.3 Å². The zero-order chi connectivity index (χ0) is 22.5. The maximum Gasteiger partial charge on any atom is 0.327 e. The van der Waals surface area contributed by atoms with E-state index in [0.717, 1.165) is 24.3 Å². The van der Waals surface area contributed by atoms with Crippen molar-refractivity contribution < 1.29 is 32.2 Å². The molecule has 12 heteroatoms. The Kier molecular flexibility index (Phi) is 8.16. The lowest BCUT2D eigenvalue weighted by atomic mass is 10.2. The van der Waals surface area contributed by atoms with Crippen LogP contribution in [0.2, 0.25) is 10.0 Å². The van der Waals surface area contributed by atoms with Crippen LogP contribution in [-0.2, 0) is 24.3 Å². The topological polar surface area (TPSA) is 122 Å². The van der Waals surface area contributed by atoms with Crippen LogP contribution in [0, 0.1) is 5.82 Å². The fourth-order valence-corrected chi connectivity index (χ4v) is 3.83. The highest BCUT2D eigenvalue weighted by molar-refractivity contribution is 7.89. The summed E-state index contributed by atoms with van der Waals surface area (Å²) in [5.74, 6) is -2.41. The number of aliphatic hydroxyl groups is 1. The molecule has 2 unspecified atom stereocenters. The van der Waals surface area contributed by atoms with Crippen LogP contribution < -0.4 is 10.0 Å². The van der Waals surface area contributed by atoms with E-state index in [2.05, 4.69) is 5.32 Å². The maximum absolute atomic E-state index is 12.9. The molecule has 0 aliphatic rings. The van der Waals surface area contributed by atoms with Crippen LogP contribution in [0.15, 0.2) is 47.4 Å². The normalized spacial score (nSPS) is 13.4. The average Bonchev–Trinajstić information content (AvgIpc) is 2.68. The third-order valence-electron chi connectivity index (χ3n) is 3.69. The number of sulfonamides is 1. The smallest absolute Gasteiger partial charge is 0.327 e.